The summed E-state index contributed by atoms with van der Waals surface area (Å²) in [6.45, 7) is 7.32. The number of benzene rings is 1. The Morgan fingerprint density at radius 1 is 1.25 bits per heavy atom. The quantitative estimate of drug-likeness (QED) is 0.625. The minimum absolute atomic E-state index is 0.114. The van der Waals surface area contributed by atoms with E-state index in [1.54, 1.807) is 13.8 Å². The van der Waals surface area contributed by atoms with E-state index in [2.05, 4.69) is 5.32 Å². The van der Waals surface area contributed by atoms with Crippen molar-refractivity contribution in [2.24, 2.45) is 0 Å². The third kappa shape index (κ3) is 3.76. The first-order valence-corrected chi connectivity index (χ1v) is 9.71. The summed E-state index contributed by atoms with van der Waals surface area (Å²) >= 11 is 0. The molecule has 1 N–H and O–H groups in total. The van der Waals surface area contributed by atoms with Crippen LogP contribution in [0.25, 0.3) is 0 Å². The number of nitrogens with one attached hydrogen (secondary N) is 1. The second-order valence-electron chi connectivity index (χ2n) is 6.26. The van der Waals surface area contributed by atoms with Gasteiger partial charge in [0.25, 0.3) is 5.69 Å². The Hall–Kier alpha value is -1.51. The van der Waals surface area contributed by atoms with Crippen LogP contribution >= 0.6 is 0 Å². The molecular formula is C16H25N3O4S. The van der Waals surface area contributed by atoms with Gasteiger partial charge in [-0.3, -0.25) is 10.1 Å². The molecule has 0 unspecified atom stereocenters. The Morgan fingerprint density at radius 2 is 1.83 bits per heavy atom. The van der Waals surface area contributed by atoms with Gasteiger partial charge in [-0.1, -0.05) is 6.92 Å². The zero-order valence-corrected chi connectivity index (χ0v) is 15.2. The first-order valence-electron chi connectivity index (χ1n) is 8.27. The highest BCUT2D eigenvalue weighted by Gasteiger charge is 2.36. The molecule has 1 aliphatic heterocycles. The molecule has 1 heterocycles. The topological polar surface area (TPSA) is 92.6 Å². The van der Waals surface area contributed by atoms with Gasteiger partial charge < -0.3 is 5.32 Å². The smallest absolute Gasteiger partial charge is 0.289 e. The van der Waals surface area contributed by atoms with E-state index in [1.807, 2.05) is 6.92 Å². The number of rotatable bonds is 6. The average Bonchev–Trinajstić information content (AvgIpc) is 2.55. The van der Waals surface area contributed by atoms with Crippen LogP contribution in [0.2, 0.25) is 0 Å². The zero-order chi connectivity index (χ0) is 17.9. The molecule has 0 aromatic heterocycles. The van der Waals surface area contributed by atoms with E-state index in [0.29, 0.717) is 18.5 Å². The van der Waals surface area contributed by atoms with E-state index in [0.717, 1.165) is 31.5 Å². The van der Waals surface area contributed by atoms with Gasteiger partial charge in [-0.25, -0.2) is 8.42 Å². The number of nitrogens with zero attached hydrogens (tertiary/aromatic N) is 2. The van der Waals surface area contributed by atoms with Gasteiger partial charge in [0.05, 0.1) is 4.92 Å². The lowest BCUT2D eigenvalue weighted by Crippen LogP contribution is -2.46. The van der Waals surface area contributed by atoms with Crippen LogP contribution in [0.1, 0.15) is 37.3 Å². The highest BCUT2D eigenvalue weighted by Crippen LogP contribution is 2.32. The summed E-state index contributed by atoms with van der Waals surface area (Å²) in [5.41, 5.74) is 1.11. The monoisotopic (exact) mass is 355 g/mol. The van der Waals surface area contributed by atoms with Crippen LogP contribution in [0.4, 0.5) is 5.69 Å². The predicted octanol–water partition coefficient (Wildman–Crippen LogP) is 2.36. The first kappa shape index (κ1) is 18.8. The van der Waals surface area contributed by atoms with Gasteiger partial charge in [-0.15, -0.1) is 0 Å². The minimum atomic E-state index is -3.91. The number of nitro groups is 1. The van der Waals surface area contributed by atoms with Crippen molar-refractivity contribution in [2.75, 3.05) is 19.6 Å². The first-order chi connectivity index (χ1) is 11.3. The molecule has 8 heteroatoms. The molecule has 0 bridgehead atoms. The van der Waals surface area contributed by atoms with Gasteiger partial charge >= 0.3 is 0 Å². The molecule has 7 nitrogen and oxygen atoms in total. The fourth-order valence-electron chi connectivity index (χ4n) is 3.06. The summed E-state index contributed by atoms with van der Waals surface area (Å²) in [5.74, 6) is 0. The molecule has 1 fully saturated rings. The summed E-state index contributed by atoms with van der Waals surface area (Å²) < 4.78 is 27.9. The largest absolute Gasteiger partial charge is 0.317 e. The van der Waals surface area contributed by atoms with E-state index in [-0.39, 0.29) is 16.6 Å². The summed E-state index contributed by atoms with van der Waals surface area (Å²) in [6.07, 6.45) is 2.11. The third-order valence-electron chi connectivity index (χ3n) is 4.52. The molecular weight excluding hydrogens is 330 g/mol. The van der Waals surface area contributed by atoms with Gasteiger partial charge in [-0.2, -0.15) is 4.31 Å². The summed E-state index contributed by atoms with van der Waals surface area (Å²) in [5, 5.41) is 14.6. The lowest BCUT2D eigenvalue weighted by Gasteiger charge is -2.33. The van der Waals surface area contributed by atoms with E-state index >= 15 is 0 Å². The van der Waals surface area contributed by atoms with Crippen LogP contribution < -0.4 is 5.32 Å². The molecule has 0 atom stereocenters. The van der Waals surface area contributed by atoms with Crippen LogP contribution in [0.5, 0.6) is 0 Å². The standard InChI is InChI=1S/C16H25N3O4S/c1-4-9-18(14-5-7-17-8-6-14)24(22,23)16-11-13(3)12(2)10-15(16)19(20)21/h10-11,14,17H,4-9H2,1-3H3. The fraction of sp³-hybridized carbons (Fsp3) is 0.625. The second-order valence-corrected chi connectivity index (χ2v) is 8.12. The second kappa shape index (κ2) is 7.58. The Balaban J connectivity index is 2.54. The van der Waals surface area contributed by atoms with Crippen molar-refractivity contribution in [3.05, 3.63) is 33.4 Å². The van der Waals surface area contributed by atoms with Crippen LogP contribution in [-0.2, 0) is 10.0 Å². The van der Waals surface area contributed by atoms with Crippen molar-refractivity contribution < 1.29 is 13.3 Å². The highest BCUT2D eigenvalue weighted by molar-refractivity contribution is 7.89. The van der Waals surface area contributed by atoms with Crippen LogP contribution in [0.15, 0.2) is 17.0 Å². The van der Waals surface area contributed by atoms with Gasteiger partial charge in [0.1, 0.15) is 0 Å². The number of nitro benzene ring substituents is 1. The summed E-state index contributed by atoms with van der Waals surface area (Å²) in [7, 11) is -3.91. The molecule has 0 saturated carbocycles. The number of aryl methyl sites for hydroxylation is 2. The van der Waals surface area contributed by atoms with Gasteiger partial charge in [-0.05, 0) is 63.4 Å². The molecule has 1 aromatic rings. The molecule has 0 aliphatic carbocycles. The minimum Gasteiger partial charge on any atom is -0.317 e. The maximum absolute atomic E-state index is 13.2. The molecule has 1 saturated heterocycles. The van der Waals surface area contributed by atoms with Crippen molar-refractivity contribution in [1.29, 1.82) is 0 Å². The number of sulfonamides is 1. The van der Waals surface area contributed by atoms with E-state index < -0.39 is 14.9 Å². The maximum Gasteiger partial charge on any atom is 0.289 e. The predicted molar refractivity (Wildman–Crippen MR) is 92.6 cm³/mol. The van der Waals surface area contributed by atoms with E-state index in [4.69, 9.17) is 0 Å². The zero-order valence-electron chi connectivity index (χ0n) is 14.4. The molecule has 1 aliphatic rings. The van der Waals surface area contributed by atoms with Crippen molar-refractivity contribution in [3.8, 4) is 0 Å². The fourth-order valence-corrected chi connectivity index (χ4v) is 5.07. The van der Waals surface area contributed by atoms with Gasteiger partial charge in [0.15, 0.2) is 4.90 Å². The Bertz CT molecular complexity index is 712. The van der Waals surface area contributed by atoms with Gasteiger partial charge in [0, 0.05) is 18.7 Å². The maximum atomic E-state index is 13.2. The molecule has 0 spiro atoms. The molecule has 24 heavy (non-hydrogen) atoms. The highest BCUT2D eigenvalue weighted by atomic mass is 32.2. The lowest BCUT2D eigenvalue weighted by molar-refractivity contribution is -0.387. The molecule has 134 valence electrons. The van der Waals surface area contributed by atoms with Crippen molar-refractivity contribution in [2.45, 2.75) is 51.0 Å². The Kier molecular flexibility index (Phi) is 5.95. The van der Waals surface area contributed by atoms with Crippen LogP contribution in [0.3, 0.4) is 0 Å². The Labute approximate surface area is 143 Å². The van der Waals surface area contributed by atoms with Crippen LogP contribution in [-0.4, -0.2) is 43.3 Å². The average molecular weight is 355 g/mol. The van der Waals surface area contributed by atoms with Crippen molar-refractivity contribution in [1.82, 2.24) is 9.62 Å². The summed E-state index contributed by atoms with van der Waals surface area (Å²) in [4.78, 5) is 10.6. The van der Waals surface area contributed by atoms with E-state index in [1.165, 1.54) is 16.4 Å². The summed E-state index contributed by atoms with van der Waals surface area (Å²) in [6, 6.07) is 2.68. The van der Waals surface area contributed by atoms with E-state index in [9.17, 15) is 18.5 Å². The van der Waals surface area contributed by atoms with Crippen molar-refractivity contribution in [3.63, 3.8) is 0 Å². The molecule has 2 rings (SSSR count). The molecule has 0 radical (unpaired) electrons. The van der Waals surface area contributed by atoms with Crippen molar-refractivity contribution >= 4 is 15.7 Å². The third-order valence-corrected chi connectivity index (χ3v) is 6.50. The normalized spacial score (nSPS) is 16.5. The Morgan fingerprint density at radius 3 is 2.38 bits per heavy atom. The lowest BCUT2D eigenvalue weighted by atomic mass is 10.1. The van der Waals surface area contributed by atoms with Crippen LogP contribution in [0, 0.1) is 24.0 Å². The number of hydrogen-bond donors (Lipinski definition) is 1. The SMILES string of the molecule is CCCN(C1CCNCC1)S(=O)(=O)c1cc(C)c(C)cc1[N+](=O)[O-]. The molecule has 1 aromatic carbocycles. The number of piperidine rings is 1. The number of hydrogen-bond acceptors (Lipinski definition) is 5. The molecule has 0 amide bonds. The van der Waals surface area contributed by atoms with Gasteiger partial charge in [0.2, 0.25) is 10.0 Å².